The zero-order chi connectivity index (χ0) is 13.9. The summed E-state index contributed by atoms with van der Waals surface area (Å²) in [7, 11) is 1.99. The van der Waals surface area contributed by atoms with Crippen LogP contribution in [0.2, 0.25) is 0 Å². The molecule has 5 nitrogen and oxygen atoms in total. The molecule has 20 heavy (non-hydrogen) atoms. The molecule has 0 unspecified atom stereocenters. The minimum Gasteiger partial charge on any atom is -0.355 e. The van der Waals surface area contributed by atoms with Crippen molar-refractivity contribution in [2.24, 2.45) is 7.05 Å². The number of imidazole rings is 1. The topological polar surface area (TPSA) is 47.7 Å². The Bertz CT molecular complexity index is 563. The van der Waals surface area contributed by atoms with E-state index in [0.29, 0.717) is 6.04 Å². The first-order valence-electron chi connectivity index (χ1n) is 7.50. The van der Waals surface area contributed by atoms with Gasteiger partial charge in [0, 0.05) is 44.1 Å². The summed E-state index contributed by atoms with van der Waals surface area (Å²) in [6.07, 6.45) is 10.2. The van der Waals surface area contributed by atoms with Crippen LogP contribution < -0.4 is 5.32 Å². The lowest BCUT2D eigenvalue weighted by Gasteiger charge is -2.15. The van der Waals surface area contributed by atoms with Crippen molar-refractivity contribution >= 4 is 5.95 Å². The molecule has 1 aliphatic carbocycles. The van der Waals surface area contributed by atoms with E-state index in [9.17, 15) is 0 Å². The SMILES string of the molecule is Cc1cn(C2CCCC2)c(NCCc2ccnn2C)n1. The van der Waals surface area contributed by atoms with Gasteiger partial charge in [-0.2, -0.15) is 5.10 Å². The van der Waals surface area contributed by atoms with Crippen LogP contribution in [-0.2, 0) is 13.5 Å². The lowest BCUT2D eigenvalue weighted by atomic mass is 10.2. The smallest absolute Gasteiger partial charge is 0.203 e. The molecule has 0 spiro atoms. The number of nitrogens with one attached hydrogen (secondary N) is 1. The van der Waals surface area contributed by atoms with Gasteiger partial charge in [-0.1, -0.05) is 12.8 Å². The van der Waals surface area contributed by atoms with Crippen LogP contribution in [0.4, 0.5) is 5.95 Å². The van der Waals surface area contributed by atoms with E-state index in [4.69, 9.17) is 0 Å². The molecule has 0 saturated heterocycles. The maximum absolute atomic E-state index is 4.63. The highest BCUT2D eigenvalue weighted by atomic mass is 15.3. The second-order valence-corrected chi connectivity index (χ2v) is 5.67. The van der Waals surface area contributed by atoms with E-state index in [-0.39, 0.29) is 0 Å². The molecule has 1 saturated carbocycles. The first-order chi connectivity index (χ1) is 9.74. The van der Waals surface area contributed by atoms with Gasteiger partial charge in [-0.05, 0) is 25.8 Å². The Balaban J connectivity index is 1.63. The van der Waals surface area contributed by atoms with E-state index in [1.807, 2.05) is 17.9 Å². The summed E-state index contributed by atoms with van der Waals surface area (Å²) < 4.78 is 4.27. The van der Waals surface area contributed by atoms with Crippen molar-refractivity contribution in [3.63, 3.8) is 0 Å². The minimum absolute atomic E-state index is 0.635. The van der Waals surface area contributed by atoms with Gasteiger partial charge in [0.15, 0.2) is 0 Å². The lowest BCUT2D eigenvalue weighted by Crippen LogP contribution is -2.14. The second kappa shape index (κ2) is 5.69. The van der Waals surface area contributed by atoms with Crippen LogP contribution in [0.25, 0.3) is 0 Å². The monoisotopic (exact) mass is 273 g/mol. The first-order valence-corrected chi connectivity index (χ1v) is 7.50. The minimum atomic E-state index is 0.635. The molecule has 1 fully saturated rings. The molecule has 2 aromatic heterocycles. The Morgan fingerprint density at radius 1 is 1.35 bits per heavy atom. The lowest BCUT2D eigenvalue weighted by molar-refractivity contribution is 0.522. The molecule has 0 radical (unpaired) electrons. The standard InChI is InChI=1S/C15H23N5/c1-12-11-20(14-5-3-4-6-14)15(18-12)16-9-7-13-8-10-17-19(13)2/h8,10-11,14H,3-7,9H2,1-2H3,(H,16,18). The van der Waals surface area contributed by atoms with Crippen LogP contribution in [0, 0.1) is 6.92 Å². The first kappa shape index (κ1) is 13.2. The zero-order valence-corrected chi connectivity index (χ0v) is 12.3. The van der Waals surface area contributed by atoms with Gasteiger partial charge in [0.25, 0.3) is 0 Å². The predicted octanol–water partition coefficient (Wildman–Crippen LogP) is 2.69. The Hall–Kier alpha value is -1.78. The van der Waals surface area contributed by atoms with Gasteiger partial charge in [-0.15, -0.1) is 0 Å². The number of hydrogen-bond acceptors (Lipinski definition) is 3. The van der Waals surface area contributed by atoms with Gasteiger partial charge in [0.05, 0.1) is 5.69 Å². The Kier molecular flexibility index (Phi) is 3.76. The molecule has 0 atom stereocenters. The molecule has 0 aromatic carbocycles. The average Bonchev–Trinajstić information content (AvgIpc) is 3.12. The Labute approximate surface area is 120 Å². The van der Waals surface area contributed by atoms with Crippen LogP contribution in [0.15, 0.2) is 18.5 Å². The maximum atomic E-state index is 4.63. The van der Waals surface area contributed by atoms with E-state index in [2.05, 4.69) is 39.2 Å². The van der Waals surface area contributed by atoms with E-state index in [1.54, 1.807) is 0 Å². The van der Waals surface area contributed by atoms with Gasteiger partial charge < -0.3 is 9.88 Å². The van der Waals surface area contributed by atoms with Gasteiger partial charge in [-0.3, -0.25) is 4.68 Å². The molecule has 108 valence electrons. The third-order valence-corrected chi connectivity index (χ3v) is 4.16. The molecule has 0 bridgehead atoms. The summed E-state index contributed by atoms with van der Waals surface area (Å²) in [6, 6.07) is 2.70. The van der Waals surface area contributed by atoms with Gasteiger partial charge in [0.1, 0.15) is 0 Å². The van der Waals surface area contributed by atoms with Crippen LogP contribution >= 0.6 is 0 Å². The van der Waals surface area contributed by atoms with Gasteiger partial charge >= 0.3 is 0 Å². The third-order valence-electron chi connectivity index (χ3n) is 4.16. The van der Waals surface area contributed by atoms with E-state index in [1.165, 1.54) is 31.4 Å². The highest BCUT2D eigenvalue weighted by Gasteiger charge is 2.19. The molecule has 2 aromatic rings. The fourth-order valence-corrected chi connectivity index (χ4v) is 3.06. The summed E-state index contributed by atoms with van der Waals surface area (Å²) in [6.45, 7) is 2.96. The second-order valence-electron chi connectivity index (χ2n) is 5.67. The van der Waals surface area contributed by atoms with Crippen LogP contribution in [0.1, 0.15) is 43.1 Å². The summed E-state index contributed by atoms with van der Waals surface area (Å²) in [4.78, 5) is 4.63. The fraction of sp³-hybridized carbons (Fsp3) is 0.600. The van der Waals surface area contributed by atoms with E-state index >= 15 is 0 Å². The van der Waals surface area contributed by atoms with E-state index in [0.717, 1.165) is 24.6 Å². The maximum Gasteiger partial charge on any atom is 0.203 e. The van der Waals surface area contributed by atoms with Gasteiger partial charge in [-0.25, -0.2) is 4.98 Å². The fourth-order valence-electron chi connectivity index (χ4n) is 3.06. The normalized spacial score (nSPS) is 15.9. The molecule has 1 N–H and O–H groups in total. The molecule has 3 rings (SSSR count). The highest BCUT2D eigenvalue weighted by Crippen LogP contribution is 2.32. The third kappa shape index (κ3) is 2.71. The van der Waals surface area contributed by atoms with Crippen molar-refractivity contribution in [2.45, 2.75) is 45.1 Å². The largest absolute Gasteiger partial charge is 0.355 e. The van der Waals surface area contributed by atoms with Crippen molar-refractivity contribution in [1.82, 2.24) is 19.3 Å². The number of anilines is 1. The number of nitrogens with zero attached hydrogens (tertiary/aromatic N) is 4. The van der Waals surface area contributed by atoms with Crippen molar-refractivity contribution in [1.29, 1.82) is 0 Å². The predicted molar refractivity (Wildman–Crippen MR) is 79.9 cm³/mol. The number of aryl methyl sites for hydroxylation is 2. The van der Waals surface area contributed by atoms with E-state index < -0.39 is 0 Å². The van der Waals surface area contributed by atoms with Crippen molar-refractivity contribution in [3.8, 4) is 0 Å². The summed E-state index contributed by atoms with van der Waals surface area (Å²) >= 11 is 0. The van der Waals surface area contributed by atoms with Crippen LogP contribution in [0.5, 0.6) is 0 Å². The van der Waals surface area contributed by atoms with Crippen molar-refractivity contribution in [2.75, 3.05) is 11.9 Å². The van der Waals surface area contributed by atoms with Crippen LogP contribution in [-0.4, -0.2) is 25.9 Å². The Morgan fingerprint density at radius 2 is 2.15 bits per heavy atom. The molecule has 2 heterocycles. The molecule has 5 heteroatoms. The summed E-state index contributed by atoms with van der Waals surface area (Å²) in [5.74, 6) is 1.02. The molecular weight excluding hydrogens is 250 g/mol. The molecule has 0 aliphatic heterocycles. The van der Waals surface area contributed by atoms with Crippen molar-refractivity contribution in [3.05, 3.63) is 29.8 Å². The van der Waals surface area contributed by atoms with Crippen molar-refractivity contribution < 1.29 is 0 Å². The average molecular weight is 273 g/mol. The zero-order valence-electron chi connectivity index (χ0n) is 12.3. The Morgan fingerprint density at radius 3 is 2.85 bits per heavy atom. The number of rotatable bonds is 5. The molecule has 1 aliphatic rings. The molecule has 0 amide bonds. The quantitative estimate of drug-likeness (QED) is 0.911. The number of aromatic nitrogens is 4. The van der Waals surface area contributed by atoms with Crippen LogP contribution in [0.3, 0.4) is 0 Å². The summed E-state index contributed by atoms with van der Waals surface area (Å²) in [5.41, 5.74) is 2.34. The van der Waals surface area contributed by atoms with Gasteiger partial charge in [0.2, 0.25) is 5.95 Å². The molecular formula is C15H23N5. The highest BCUT2D eigenvalue weighted by molar-refractivity contribution is 5.30. The summed E-state index contributed by atoms with van der Waals surface area (Å²) in [5, 5.41) is 7.68. The number of hydrogen-bond donors (Lipinski definition) is 1.